The maximum atomic E-state index is 12.3. The van der Waals surface area contributed by atoms with Crippen LogP contribution in [0.2, 0.25) is 5.02 Å². The molecule has 0 aromatic heterocycles. The molecule has 2 aliphatic rings. The molecule has 0 fully saturated rings. The van der Waals surface area contributed by atoms with Gasteiger partial charge >= 0.3 is 0 Å². The van der Waals surface area contributed by atoms with Gasteiger partial charge in [0.05, 0.1) is 11.1 Å². The molecule has 0 spiro atoms. The Morgan fingerprint density at radius 1 is 1.24 bits per heavy atom. The van der Waals surface area contributed by atoms with E-state index in [1.807, 2.05) is 18.2 Å². The number of rotatable bonds is 3. The van der Waals surface area contributed by atoms with Gasteiger partial charge in [0.2, 0.25) is 12.7 Å². The van der Waals surface area contributed by atoms with Crippen LogP contribution in [0.15, 0.2) is 42.5 Å². The molecule has 1 amide bonds. The molecule has 0 unspecified atom stereocenters. The Balaban J connectivity index is 1.46. The van der Waals surface area contributed by atoms with E-state index in [-0.39, 0.29) is 18.7 Å². The van der Waals surface area contributed by atoms with Crippen LogP contribution in [0.5, 0.6) is 11.5 Å². The van der Waals surface area contributed by atoms with E-state index >= 15 is 0 Å². The molecule has 4 rings (SSSR count). The van der Waals surface area contributed by atoms with Crippen LogP contribution in [-0.4, -0.2) is 12.7 Å². The van der Waals surface area contributed by atoms with Crippen LogP contribution in [0.1, 0.15) is 35.6 Å². The first-order valence-electron chi connectivity index (χ1n) is 8.36. The predicted molar refractivity (Wildman–Crippen MR) is 96.9 cm³/mol. The summed E-state index contributed by atoms with van der Waals surface area (Å²) in [7, 11) is 0. The van der Waals surface area contributed by atoms with Gasteiger partial charge in [-0.05, 0) is 54.2 Å². The van der Waals surface area contributed by atoms with Gasteiger partial charge in [-0.15, -0.1) is 0 Å². The monoisotopic (exact) mass is 355 g/mol. The SMILES string of the molecule is O=C(/C=C/c1cc(Cl)c2c(c1)OCO2)N[C@@H]1CCCc2ccccc21. The zero-order valence-electron chi connectivity index (χ0n) is 13.6. The van der Waals surface area contributed by atoms with Crippen molar-refractivity contribution >= 4 is 23.6 Å². The Labute approximate surface area is 151 Å². The second-order valence-electron chi connectivity index (χ2n) is 6.22. The van der Waals surface area contributed by atoms with Gasteiger partial charge in [0, 0.05) is 6.08 Å². The summed E-state index contributed by atoms with van der Waals surface area (Å²) >= 11 is 6.16. The van der Waals surface area contributed by atoms with Gasteiger partial charge in [0.25, 0.3) is 0 Å². The van der Waals surface area contributed by atoms with Crippen LogP contribution in [-0.2, 0) is 11.2 Å². The standard InChI is InChI=1S/C20H18ClNO3/c21-16-10-13(11-18-20(16)25-12-24-18)8-9-19(23)22-17-7-3-5-14-4-1-2-6-15(14)17/h1-2,4,6,8-11,17H,3,5,7,12H2,(H,22,23)/b9-8+/t17-/m1/s1. The fraction of sp³-hybridized carbons (Fsp3) is 0.250. The number of aryl methyl sites for hydroxylation is 1. The van der Waals surface area contributed by atoms with Crippen molar-refractivity contribution in [1.29, 1.82) is 0 Å². The number of amides is 1. The first-order chi connectivity index (χ1) is 12.2. The molecule has 1 atom stereocenters. The van der Waals surface area contributed by atoms with Gasteiger partial charge < -0.3 is 14.8 Å². The molecule has 25 heavy (non-hydrogen) atoms. The Bertz CT molecular complexity index is 847. The van der Waals surface area contributed by atoms with Crippen LogP contribution in [0.4, 0.5) is 0 Å². The van der Waals surface area contributed by atoms with Crippen molar-refractivity contribution in [2.45, 2.75) is 25.3 Å². The van der Waals surface area contributed by atoms with Crippen molar-refractivity contribution in [3.63, 3.8) is 0 Å². The highest BCUT2D eigenvalue weighted by Crippen LogP contribution is 2.40. The average Bonchev–Trinajstić information content (AvgIpc) is 3.10. The topological polar surface area (TPSA) is 47.6 Å². The summed E-state index contributed by atoms with van der Waals surface area (Å²) in [6.45, 7) is 0.170. The lowest BCUT2D eigenvalue weighted by Gasteiger charge is -2.25. The van der Waals surface area contributed by atoms with Crippen LogP contribution in [0.25, 0.3) is 6.08 Å². The maximum Gasteiger partial charge on any atom is 0.244 e. The summed E-state index contributed by atoms with van der Waals surface area (Å²) in [5.74, 6) is 1.05. The maximum absolute atomic E-state index is 12.3. The first-order valence-corrected chi connectivity index (χ1v) is 8.74. The zero-order valence-corrected chi connectivity index (χ0v) is 14.4. The third-order valence-corrected chi connectivity index (χ3v) is 4.84. The highest BCUT2D eigenvalue weighted by Gasteiger charge is 2.21. The summed E-state index contributed by atoms with van der Waals surface area (Å²) in [4.78, 5) is 12.3. The number of nitrogens with one attached hydrogen (secondary N) is 1. The van der Waals surface area contributed by atoms with E-state index in [9.17, 15) is 4.79 Å². The molecule has 0 bridgehead atoms. The van der Waals surface area contributed by atoms with Crippen molar-refractivity contribution in [3.05, 3.63) is 64.2 Å². The Morgan fingerprint density at radius 3 is 3.04 bits per heavy atom. The third kappa shape index (κ3) is 3.35. The molecule has 1 aliphatic heterocycles. The Kier molecular flexibility index (Phi) is 4.36. The second kappa shape index (κ2) is 6.81. The van der Waals surface area contributed by atoms with E-state index in [1.54, 1.807) is 12.1 Å². The molecule has 0 saturated heterocycles. The van der Waals surface area contributed by atoms with E-state index in [4.69, 9.17) is 21.1 Å². The Hall–Kier alpha value is -2.46. The van der Waals surface area contributed by atoms with Crippen molar-refractivity contribution in [2.24, 2.45) is 0 Å². The summed E-state index contributed by atoms with van der Waals surface area (Å²) in [6.07, 6.45) is 6.40. The van der Waals surface area contributed by atoms with Crippen molar-refractivity contribution in [1.82, 2.24) is 5.32 Å². The molecular weight excluding hydrogens is 338 g/mol. The predicted octanol–water partition coefficient (Wildman–Crippen LogP) is 4.28. The van der Waals surface area contributed by atoms with Gasteiger partial charge in [-0.1, -0.05) is 35.9 Å². The number of fused-ring (bicyclic) bond motifs is 2. The van der Waals surface area contributed by atoms with E-state index in [0.717, 1.165) is 24.8 Å². The van der Waals surface area contributed by atoms with Gasteiger partial charge in [-0.25, -0.2) is 0 Å². The van der Waals surface area contributed by atoms with Crippen molar-refractivity contribution in [3.8, 4) is 11.5 Å². The Morgan fingerprint density at radius 2 is 2.12 bits per heavy atom. The van der Waals surface area contributed by atoms with E-state index < -0.39 is 0 Å². The molecule has 1 heterocycles. The number of carbonyl (C=O) groups excluding carboxylic acids is 1. The van der Waals surface area contributed by atoms with Crippen LogP contribution in [0, 0.1) is 0 Å². The number of halogens is 1. The number of hydrogen-bond donors (Lipinski definition) is 1. The minimum atomic E-state index is -0.115. The normalized spacial score (nSPS) is 18.2. The summed E-state index contributed by atoms with van der Waals surface area (Å²) < 4.78 is 10.6. The van der Waals surface area contributed by atoms with E-state index in [2.05, 4.69) is 17.4 Å². The highest BCUT2D eigenvalue weighted by atomic mass is 35.5. The first kappa shape index (κ1) is 16.0. The molecule has 1 aliphatic carbocycles. The van der Waals surface area contributed by atoms with Gasteiger partial charge in [0.15, 0.2) is 11.5 Å². The van der Waals surface area contributed by atoms with E-state index in [0.29, 0.717) is 16.5 Å². The van der Waals surface area contributed by atoms with Crippen molar-refractivity contribution in [2.75, 3.05) is 6.79 Å². The number of carbonyl (C=O) groups is 1. The minimum Gasteiger partial charge on any atom is -0.454 e. The lowest BCUT2D eigenvalue weighted by molar-refractivity contribution is -0.117. The molecule has 4 nitrogen and oxygen atoms in total. The minimum absolute atomic E-state index is 0.0717. The zero-order chi connectivity index (χ0) is 17.2. The lowest BCUT2D eigenvalue weighted by Crippen LogP contribution is -2.29. The average molecular weight is 356 g/mol. The number of benzene rings is 2. The van der Waals surface area contributed by atoms with Gasteiger partial charge in [0.1, 0.15) is 0 Å². The number of ether oxygens (including phenoxy) is 2. The molecule has 2 aromatic carbocycles. The molecule has 0 radical (unpaired) electrons. The fourth-order valence-corrected chi connectivity index (χ4v) is 3.65. The quantitative estimate of drug-likeness (QED) is 0.836. The molecule has 1 N–H and O–H groups in total. The van der Waals surface area contributed by atoms with Gasteiger partial charge in [-0.3, -0.25) is 4.79 Å². The summed E-state index contributed by atoms with van der Waals surface area (Å²) in [5.41, 5.74) is 3.35. The largest absolute Gasteiger partial charge is 0.454 e. The number of hydrogen-bond acceptors (Lipinski definition) is 3. The summed E-state index contributed by atoms with van der Waals surface area (Å²) in [6, 6.07) is 11.9. The third-order valence-electron chi connectivity index (χ3n) is 4.56. The summed E-state index contributed by atoms with van der Waals surface area (Å²) in [5, 5.41) is 3.58. The molecule has 0 saturated carbocycles. The molecule has 2 aromatic rings. The van der Waals surface area contributed by atoms with Gasteiger partial charge in [-0.2, -0.15) is 0 Å². The fourth-order valence-electron chi connectivity index (χ4n) is 3.38. The lowest BCUT2D eigenvalue weighted by atomic mass is 9.88. The smallest absolute Gasteiger partial charge is 0.244 e. The van der Waals surface area contributed by atoms with Crippen LogP contribution < -0.4 is 14.8 Å². The highest BCUT2D eigenvalue weighted by molar-refractivity contribution is 6.32. The van der Waals surface area contributed by atoms with Crippen LogP contribution >= 0.6 is 11.6 Å². The second-order valence-corrected chi connectivity index (χ2v) is 6.63. The molecular formula is C20H18ClNO3. The van der Waals surface area contributed by atoms with E-state index in [1.165, 1.54) is 17.2 Å². The molecule has 128 valence electrons. The van der Waals surface area contributed by atoms with Crippen LogP contribution in [0.3, 0.4) is 0 Å². The van der Waals surface area contributed by atoms with Crippen molar-refractivity contribution < 1.29 is 14.3 Å². The molecule has 5 heteroatoms.